The van der Waals surface area contributed by atoms with E-state index in [4.69, 9.17) is 4.84 Å². The van der Waals surface area contributed by atoms with Crippen molar-refractivity contribution in [2.75, 3.05) is 0 Å². The zero-order valence-electron chi connectivity index (χ0n) is 11.2. The van der Waals surface area contributed by atoms with E-state index >= 15 is 0 Å². The maximum atomic E-state index is 11.6. The molecule has 0 saturated heterocycles. The lowest BCUT2D eigenvalue weighted by molar-refractivity contribution is 0.0518. The second kappa shape index (κ2) is 6.00. The van der Waals surface area contributed by atoms with Crippen LogP contribution in [0.1, 0.15) is 16.2 Å². The van der Waals surface area contributed by atoms with Crippen LogP contribution in [0.4, 0.5) is 0 Å². The molecular weight excluding hydrogens is 266 g/mol. The number of aromatic nitrogens is 2. The number of oxime groups is 1. The molecule has 104 valence electrons. The average Bonchev–Trinajstić information content (AvgIpc) is 2.95. The van der Waals surface area contributed by atoms with Crippen LogP contribution in [0.3, 0.4) is 0 Å². The molecule has 1 N–H and O–H groups in total. The van der Waals surface area contributed by atoms with Crippen LogP contribution >= 0.6 is 0 Å². The lowest BCUT2D eigenvalue weighted by atomic mass is 10.2. The van der Waals surface area contributed by atoms with E-state index in [0.29, 0.717) is 12.0 Å². The van der Waals surface area contributed by atoms with E-state index in [0.717, 1.165) is 16.9 Å². The third-order valence-corrected chi connectivity index (χ3v) is 2.94. The predicted octanol–water partition coefficient (Wildman–Crippen LogP) is 2.95. The second-order valence-electron chi connectivity index (χ2n) is 4.44. The SMILES string of the molecule is O=C(ON=CCc1nc2ccccc2[nH]1)c1ccccc1. The Morgan fingerprint density at radius 2 is 1.90 bits per heavy atom. The number of fused-ring (bicyclic) bond motifs is 1. The van der Waals surface area contributed by atoms with Gasteiger partial charge in [0.2, 0.25) is 0 Å². The molecule has 0 amide bonds. The molecule has 0 atom stereocenters. The standard InChI is InChI=1S/C16H13N3O2/c20-16(12-6-2-1-3-7-12)21-17-11-10-15-18-13-8-4-5-9-14(13)19-15/h1-9,11H,10H2,(H,18,19). The number of carbonyl (C=O) groups is 1. The number of nitrogens with zero attached hydrogens (tertiary/aromatic N) is 2. The maximum Gasteiger partial charge on any atom is 0.365 e. The summed E-state index contributed by atoms with van der Waals surface area (Å²) in [5.41, 5.74) is 2.35. The van der Waals surface area contributed by atoms with Crippen molar-refractivity contribution in [3.05, 3.63) is 66.0 Å². The van der Waals surface area contributed by atoms with Crippen LogP contribution in [-0.4, -0.2) is 22.2 Å². The molecule has 1 aromatic heterocycles. The minimum atomic E-state index is -0.476. The van der Waals surface area contributed by atoms with Gasteiger partial charge in [-0.3, -0.25) is 0 Å². The molecule has 0 aliphatic carbocycles. The van der Waals surface area contributed by atoms with Gasteiger partial charge in [-0.05, 0) is 24.3 Å². The number of hydrogen-bond acceptors (Lipinski definition) is 4. The molecule has 0 aliphatic rings. The third-order valence-electron chi connectivity index (χ3n) is 2.94. The van der Waals surface area contributed by atoms with Crippen LogP contribution in [0.15, 0.2) is 59.8 Å². The molecule has 5 nitrogen and oxygen atoms in total. The topological polar surface area (TPSA) is 67.3 Å². The Hall–Kier alpha value is -2.95. The van der Waals surface area contributed by atoms with Gasteiger partial charge in [-0.25, -0.2) is 9.78 Å². The molecule has 0 saturated carbocycles. The van der Waals surface area contributed by atoms with Crippen LogP contribution in [0.25, 0.3) is 11.0 Å². The van der Waals surface area contributed by atoms with E-state index in [1.165, 1.54) is 6.21 Å². The highest BCUT2D eigenvalue weighted by Crippen LogP contribution is 2.10. The normalized spacial score (nSPS) is 11.0. The van der Waals surface area contributed by atoms with E-state index in [1.807, 2.05) is 30.3 Å². The number of carbonyl (C=O) groups excluding carboxylic acids is 1. The fourth-order valence-electron chi connectivity index (χ4n) is 1.94. The van der Waals surface area contributed by atoms with Crippen LogP contribution in [-0.2, 0) is 11.3 Å². The Bertz CT molecular complexity index is 745. The zero-order valence-corrected chi connectivity index (χ0v) is 11.2. The summed E-state index contributed by atoms with van der Waals surface area (Å²) in [5, 5.41) is 3.68. The number of hydrogen-bond donors (Lipinski definition) is 1. The molecule has 0 unspecified atom stereocenters. The molecule has 2 aromatic carbocycles. The summed E-state index contributed by atoms with van der Waals surface area (Å²) >= 11 is 0. The predicted molar refractivity (Wildman–Crippen MR) is 80.1 cm³/mol. The van der Waals surface area contributed by atoms with Crippen LogP contribution < -0.4 is 0 Å². The van der Waals surface area contributed by atoms with Crippen molar-refractivity contribution < 1.29 is 9.63 Å². The fraction of sp³-hybridized carbons (Fsp3) is 0.0625. The van der Waals surface area contributed by atoms with Gasteiger partial charge in [0.15, 0.2) is 0 Å². The smallest absolute Gasteiger partial charge is 0.342 e. The summed E-state index contributed by atoms with van der Waals surface area (Å²) < 4.78 is 0. The number of aromatic amines is 1. The Kier molecular flexibility index (Phi) is 3.73. The first-order chi connectivity index (χ1) is 10.3. The van der Waals surface area contributed by atoms with Crippen molar-refractivity contribution >= 4 is 23.2 Å². The maximum absolute atomic E-state index is 11.6. The van der Waals surface area contributed by atoms with Crippen molar-refractivity contribution in [3.8, 4) is 0 Å². The number of rotatable bonds is 4. The molecule has 3 rings (SSSR count). The monoisotopic (exact) mass is 279 g/mol. The highest BCUT2D eigenvalue weighted by molar-refractivity contribution is 5.89. The van der Waals surface area contributed by atoms with Gasteiger partial charge in [0.1, 0.15) is 5.82 Å². The summed E-state index contributed by atoms with van der Waals surface area (Å²) in [6, 6.07) is 16.5. The Morgan fingerprint density at radius 3 is 2.71 bits per heavy atom. The summed E-state index contributed by atoms with van der Waals surface area (Å²) in [6.45, 7) is 0. The third kappa shape index (κ3) is 3.14. The number of H-pyrrole nitrogens is 1. The van der Waals surface area contributed by atoms with Crippen molar-refractivity contribution in [3.63, 3.8) is 0 Å². The minimum Gasteiger partial charge on any atom is -0.342 e. The van der Waals surface area contributed by atoms with Gasteiger partial charge in [0.05, 0.1) is 22.8 Å². The molecule has 3 aromatic rings. The molecule has 1 heterocycles. The number of benzene rings is 2. The van der Waals surface area contributed by atoms with Crippen molar-refractivity contribution in [2.24, 2.45) is 5.16 Å². The molecule has 0 bridgehead atoms. The van der Waals surface area contributed by atoms with Gasteiger partial charge in [-0.15, -0.1) is 0 Å². The van der Waals surface area contributed by atoms with Crippen LogP contribution in [0.2, 0.25) is 0 Å². The highest BCUT2D eigenvalue weighted by Gasteiger charge is 2.05. The molecule has 0 radical (unpaired) electrons. The second-order valence-corrected chi connectivity index (χ2v) is 4.44. The largest absolute Gasteiger partial charge is 0.365 e. The lowest BCUT2D eigenvalue weighted by Gasteiger charge is -1.96. The lowest BCUT2D eigenvalue weighted by Crippen LogP contribution is -2.00. The van der Waals surface area contributed by atoms with E-state index in [-0.39, 0.29) is 0 Å². The first kappa shape index (κ1) is 13.1. The Morgan fingerprint density at radius 1 is 1.14 bits per heavy atom. The van der Waals surface area contributed by atoms with E-state index in [1.54, 1.807) is 24.3 Å². The molecule has 0 aliphatic heterocycles. The van der Waals surface area contributed by atoms with Gasteiger partial charge < -0.3 is 9.82 Å². The van der Waals surface area contributed by atoms with Gasteiger partial charge >= 0.3 is 5.97 Å². The fourth-order valence-corrected chi connectivity index (χ4v) is 1.94. The number of para-hydroxylation sites is 2. The molecule has 0 fully saturated rings. The van der Waals surface area contributed by atoms with E-state index in [9.17, 15) is 4.79 Å². The summed E-state index contributed by atoms with van der Waals surface area (Å²) in [7, 11) is 0. The summed E-state index contributed by atoms with van der Waals surface area (Å²) in [4.78, 5) is 24.0. The summed E-state index contributed by atoms with van der Waals surface area (Å²) in [5.74, 6) is 0.298. The molecule has 0 spiro atoms. The zero-order chi connectivity index (χ0) is 14.5. The minimum absolute atomic E-state index is 0.469. The van der Waals surface area contributed by atoms with Crippen LogP contribution in [0.5, 0.6) is 0 Å². The molecular formula is C16H13N3O2. The van der Waals surface area contributed by atoms with Crippen molar-refractivity contribution in [2.45, 2.75) is 6.42 Å². The highest BCUT2D eigenvalue weighted by atomic mass is 16.7. The Labute approximate surface area is 121 Å². The first-order valence-electron chi connectivity index (χ1n) is 6.55. The Balaban J connectivity index is 1.58. The first-order valence-corrected chi connectivity index (χ1v) is 6.55. The molecule has 5 heteroatoms. The van der Waals surface area contributed by atoms with Crippen molar-refractivity contribution in [1.29, 1.82) is 0 Å². The van der Waals surface area contributed by atoms with Crippen LogP contribution in [0, 0.1) is 0 Å². The summed E-state index contributed by atoms with van der Waals surface area (Å²) in [6.07, 6.45) is 1.98. The van der Waals surface area contributed by atoms with E-state index < -0.39 is 5.97 Å². The molecule has 21 heavy (non-hydrogen) atoms. The van der Waals surface area contributed by atoms with Gasteiger partial charge in [0.25, 0.3) is 0 Å². The average molecular weight is 279 g/mol. The van der Waals surface area contributed by atoms with Gasteiger partial charge in [-0.1, -0.05) is 35.5 Å². The van der Waals surface area contributed by atoms with Gasteiger partial charge in [-0.2, -0.15) is 0 Å². The van der Waals surface area contributed by atoms with Crippen molar-refractivity contribution in [1.82, 2.24) is 9.97 Å². The quantitative estimate of drug-likeness (QED) is 0.453. The number of imidazole rings is 1. The van der Waals surface area contributed by atoms with Gasteiger partial charge in [0, 0.05) is 6.42 Å². The number of nitrogens with one attached hydrogen (secondary N) is 1. The van der Waals surface area contributed by atoms with E-state index in [2.05, 4.69) is 15.1 Å².